The number of hydrogen-bond donors (Lipinski definition) is 2. The highest BCUT2D eigenvalue weighted by Crippen LogP contribution is 2.24. The Bertz CT molecular complexity index is 1510. The minimum Gasteiger partial charge on any atom is -0.384 e. The first-order chi connectivity index (χ1) is 18.2. The molecule has 0 aliphatic heterocycles. The fourth-order valence-corrected chi connectivity index (χ4v) is 5.46. The molecule has 1 aromatic heterocycles. The lowest BCUT2D eigenvalue weighted by Gasteiger charge is -2.22. The van der Waals surface area contributed by atoms with Gasteiger partial charge in [-0.05, 0) is 67.4 Å². The summed E-state index contributed by atoms with van der Waals surface area (Å²) in [7, 11) is -3.97. The second-order valence-corrected chi connectivity index (χ2v) is 11.2. The van der Waals surface area contributed by atoms with Gasteiger partial charge in [0.2, 0.25) is 15.9 Å². The van der Waals surface area contributed by atoms with Gasteiger partial charge >= 0.3 is 0 Å². The van der Waals surface area contributed by atoms with Gasteiger partial charge in [0.15, 0.2) is 0 Å². The van der Waals surface area contributed by atoms with E-state index >= 15 is 0 Å². The maximum absolute atomic E-state index is 13.4. The first kappa shape index (κ1) is 27.5. The first-order valence-corrected chi connectivity index (χ1v) is 13.9. The summed E-state index contributed by atoms with van der Waals surface area (Å²) < 4.78 is 41.2. The second kappa shape index (κ2) is 12.3. The maximum Gasteiger partial charge on any atom is 0.243 e. The standard InChI is InChI=1S/C28H28ClFN4O3S/c1-20-3-10-24(11-4-20)38(36,37)34(18-21-5-8-23(30)9-6-21)19-28(35)33-15-2-14-31-26-13-16-32-27-17-22(29)7-12-25(26)27/h3-13,16-17H,2,14-15,18-19H2,1H3,(H,31,32)(H,33,35). The van der Waals surface area contributed by atoms with Crippen LogP contribution in [0.3, 0.4) is 0 Å². The molecule has 10 heteroatoms. The zero-order valence-electron chi connectivity index (χ0n) is 20.8. The van der Waals surface area contributed by atoms with E-state index in [1.54, 1.807) is 30.5 Å². The zero-order chi connectivity index (χ0) is 27.1. The molecule has 0 saturated carbocycles. The molecule has 0 spiro atoms. The Balaban J connectivity index is 1.36. The third-order valence-electron chi connectivity index (χ3n) is 5.95. The van der Waals surface area contributed by atoms with Crippen LogP contribution in [0, 0.1) is 12.7 Å². The number of pyridine rings is 1. The third-order valence-corrected chi connectivity index (χ3v) is 7.99. The highest BCUT2D eigenvalue weighted by Gasteiger charge is 2.27. The van der Waals surface area contributed by atoms with Crippen LogP contribution in [0.4, 0.5) is 10.1 Å². The molecule has 0 fully saturated rings. The number of carbonyl (C=O) groups excluding carboxylic acids is 1. The number of anilines is 1. The van der Waals surface area contributed by atoms with Crippen LogP contribution in [0.1, 0.15) is 17.5 Å². The van der Waals surface area contributed by atoms with Crippen LogP contribution in [0.25, 0.3) is 10.9 Å². The van der Waals surface area contributed by atoms with E-state index in [4.69, 9.17) is 11.6 Å². The van der Waals surface area contributed by atoms with Crippen molar-refractivity contribution in [2.24, 2.45) is 0 Å². The van der Waals surface area contributed by atoms with Crippen molar-refractivity contribution in [1.82, 2.24) is 14.6 Å². The Hall–Kier alpha value is -3.53. The van der Waals surface area contributed by atoms with Gasteiger partial charge in [0.25, 0.3) is 0 Å². The fourth-order valence-electron chi connectivity index (χ4n) is 3.91. The lowest BCUT2D eigenvalue weighted by Crippen LogP contribution is -2.40. The van der Waals surface area contributed by atoms with E-state index in [2.05, 4.69) is 15.6 Å². The maximum atomic E-state index is 13.4. The van der Waals surface area contributed by atoms with Gasteiger partial charge in [-0.1, -0.05) is 41.4 Å². The number of aromatic nitrogens is 1. The number of nitrogens with one attached hydrogen (secondary N) is 2. The second-order valence-electron chi connectivity index (χ2n) is 8.86. The number of amides is 1. The number of benzene rings is 3. The average molecular weight is 555 g/mol. The lowest BCUT2D eigenvalue weighted by molar-refractivity contribution is -0.121. The molecule has 0 radical (unpaired) electrons. The van der Waals surface area contributed by atoms with Gasteiger partial charge in [-0.2, -0.15) is 4.31 Å². The van der Waals surface area contributed by atoms with Crippen LogP contribution in [-0.2, 0) is 21.4 Å². The summed E-state index contributed by atoms with van der Waals surface area (Å²) in [6.07, 6.45) is 2.32. The molecular formula is C28H28ClFN4O3S. The largest absolute Gasteiger partial charge is 0.384 e. The smallest absolute Gasteiger partial charge is 0.243 e. The molecular weight excluding hydrogens is 527 g/mol. The molecule has 1 heterocycles. The molecule has 38 heavy (non-hydrogen) atoms. The topological polar surface area (TPSA) is 91.4 Å². The number of halogens is 2. The summed E-state index contributed by atoms with van der Waals surface area (Å²) >= 11 is 6.05. The van der Waals surface area contributed by atoms with Crippen LogP contribution in [-0.4, -0.2) is 43.2 Å². The van der Waals surface area contributed by atoms with E-state index in [-0.39, 0.29) is 18.0 Å². The summed E-state index contributed by atoms with van der Waals surface area (Å²) in [5.74, 6) is -0.844. The van der Waals surface area contributed by atoms with Crippen LogP contribution >= 0.6 is 11.6 Å². The van der Waals surface area contributed by atoms with Gasteiger partial charge in [-0.3, -0.25) is 9.78 Å². The van der Waals surface area contributed by atoms with E-state index in [1.165, 1.54) is 36.4 Å². The molecule has 0 aliphatic carbocycles. The molecule has 1 amide bonds. The normalized spacial score (nSPS) is 11.6. The predicted octanol–water partition coefficient (Wildman–Crippen LogP) is 5.15. The number of rotatable bonds is 11. The van der Waals surface area contributed by atoms with E-state index in [9.17, 15) is 17.6 Å². The van der Waals surface area contributed by atoms with Crippen molar-refractivity contribution in [3.8, 4) is 0 Å². The van der Waals surface area contributed by atoms with Crippen LogP contribution < -0.4 is 10.6 Å². The molecule has 4 aromatic rings. The number of hydrogen-bond acceptors (Lipinski definition) is 5. The summed E-state index contributed by atoms with van der Waals surface area (Å²) in [6.45, 7) is 2.38. The van der Waals surface area contributed by atoms with E-state index in [1.807, 2.05) is 19.1 Å². The number of fused-ring (bicyclic) bond motifs is 1. The summed E-state index contributed by atoms with van der Waals surface area (Å²) in [4.78, 5) is 17.2. The van der Waals surface area contributed by atoms with Crippen molar-refractivity contribution in [2.75, 3.05) is 25.0 Å². The minimum absolute atomic E-state index is 0.0649. The molecule has 4 rings (SSSR count). The number of aryl methyl sites for hydroxylation is 1. The molecule has 0 bridgehead atoms. The van der Waals surface area contributed by atoms with E-state index < -0.39 is 21.7 Å². The van der Waals surface area contributed by atoms with Crippen LogP contribution in [0.5, 0.6) is 0 Å². The molecule has 7 nitrogen and oxygen atoms in total. The Morgan fingerprint density at radius 3 is 2.47 bits per heavy atom. The van der Waals surface area contributed by atoms with Crippen molar-refractivity contribution >= 4 is 44.1 Å². The molecule has 0 saturated heterocycles. The third kappa shape index (κ3) is 7.06. The number of sulfonamides is 1. The summed E-state index contributed by atoms with van der Waals surface area (Å²) in [5.41, 5.74) is 3.19. The van der Waals surface area contributed by atoms with Gasteiger partial charge < -0.3 is 10.6 Å². The highest BCUT2D eigenvalue weighted by molar-refractivity contribution is 7.89. The summed E-state index contributed by atoms with van der Waals surface area (Å²) in [6, 6.07) is 19.4. The fraction of sp³-hybridized carbons (Fsp3) is 0.214. The summed E-state index contributed by atoms with van der Waals surface area (Å²) in [5, 5.41) is 7.69. The van der Waals surface area contributed by atoms with Crippen molar-refractivity contribution < 1.29 is 17.6 Å². The first-order valence-electron chi connectivity index (χ1n) is 12.1. The minimum atomic E-state index is -3.97. The molecule has 0 unspecified atom stereocenters. The zero-order valence-corrected chi connectivity index (χ0v) is 22.4. The molecule has 3 aromatic carbocycles. The molecule has 2 N–H and O–H groups in total. The lowest BCUT2D eigenvalue weighted by atomic mass is 10.2. The van der Waals surface area contributed by atoms with Gasteiger partial charge in [-0.15, -0.1) is 0 Å². The van der Waals surface area contributed by atoms with Gasteiger partial charge in [-0.25, -0.2) is 12.8 Å². The van der Waals surface area contributed by atoms with E-state index in [0.717, 1.165) is 26.5 Å². The average Bonchev–Trinajstić information content (AvgIpc) is 2.89. The molecule has 0 atom stereocenters. The number of carbonyl (C=O) groups is 1. The Kier molecular flexibility index (Phi) is 8.93. The SMILES string of the molecule is Cc1ccc(S(=O)(=O)N(CC(=O)NCCCNc2ccnc3cc(Cl)ccc23)Cc2ccc(F)cc2)cc1. The van der Waals surface area contributed by atoms with Crippen molar-refractivity contribution in [3.05, 3.63) is 101 Å². The Morgan fingerprint density at radius 1 is 1.00 bits per heavy atom. The van der Waals surface area contributed by atoms with Gasteiger partial charge in [0.05, 0.1) is 17.0 Å². The predicted molar refractivity (Wildman–Crippen MR) is 148 cm³/mol. The molecule has 0 aliphatic rings. The van der Waals surface area contributed by atoms with E-state index in [0.29, 0.717) is 30.1 Å². The monoisotopic (exact) mass is 554 g/mol. The highest BCUT2D eigenvalue weighted by atomic mass is 35.5. The Morgan fingerprint density at radius 2 is 1.74 bits per heavy atom. The van der Waals surface area contributed by atoms with Crippen LogP contribution in [0.15, 0.2) is 83.9 Å². The van der Waals surface area contributed by atoms with Crippen molar-refractivity contribution in [2.45, 2.75) is 24.8 Å². The van der Waals surface area contributed by atoms with Gasteiger partial charge in [0, 0.05) is 41.9 Å². The van der Waals surface area contributed by atoms with Gasteiger partial charge in [0.1, 0.15) is 5.82 Å². The Labute approximate surface area is 226 Å². The quantitative estimate of drug-likeness (QED) is 0.250. The van der Waals surface area contributed by atoms with Crippen LogP contribution in [0.2, 0.25) is 5.02 Å². The molecule has 198 valence electrons. The van der Waals surface area contributed by atoms with Crippen molar-refractivity contribution in [3.63, 3.8) is 0 Å². The number of nitrogens with zero attached hydrogens (tertiary/aromatic N) is 2. The van der Waals surface area contributed by atoms with Crippen molar-refractivity contribution in [1.29, 1.82) is 0 Å².